The number of fused-ring (bicyclic) bond motifs is 1. The van der Waals surface area contributed by atoms with Crippen LogP contribution in [0.3, 0.4) is 0 Å². The highest BCUT2D eigenvalue weighted by molar-refractivity contribution is 6.43. The van der Waals surface area contributed by atoms with Crippen LogP contribution in [0.2, 0.25) is 10.0 Å². The summed E-state index contributed by atoms with van der Waals surface area (Å²) in [5, 5.41) is 1.94. The predicted octanol–water partition coefficient (Wildman–Crippen LogP) is 3.54. The van der Waals surface area contributed by atoms with Gasteiger partial charge in [0.25, 0.3) is 5.91 Å². The molecule has 4 heterocycles. The highest BCUT2D eigenvalue weighted by atomic mass is 35.5. The number of hydrogen-bond donors (Lipinski definition) is 0. The van der Waals surface area contributed by atoms with E-state index in [1.807, 2.05) is 18.2 Å². The summed E-state index contributed by atoms with van der Waals surface area (Å²) >= 11 is 12.6. The lowest BCUT2D eigenvalue weighted by atomic mass is 10.2. The van der Waals surface area contributed by atoms with Gasteiger partial charge in [-0.1, -0.05) is 29.3 Å². The van der Waals surface area contributed by atoms with Crippen LogP contribution in [0, 0.1) is 0 Å². The Labute approximate surface area is 188 Å². The van der Waals surface area contributed by atoms with Crippen molar-refractivity contribution < 1.29 is 4.79 Å². The Morgan fingerprint density at radius 1 is 0.903 bits per heavy atom. The number of anilines is 2. The summed E-state index contributed by atoms with van der Waals surface area (Å²) in [6.07, 6.45) is 6.08. The van der Waals surface area contributed by atoms with Crippen LogP contribution in [0.5, 0.6) is 0 Å². The number of carbonyl (C=O) groups is 1. The minimum Gasteiger partial charge on any atom is -0.367 e. The Balaban J connectivity index is 1.40. The largest absolute Gasteiger partial charge is 0.367 e. The lowest BCUT2D eigenvalue weighted by Crippen LogP contribution is -2.47. The molecule has 0 saturated carbocycles. The smallest absolute Gasteiger partial charge is 0.282 e. The number of piperazine rings is 1. The molecule has 1 aliphatic rings. The van der Waals surface area contributed by atoms with Crippen molar-refractivity contribution >= 4 is 51.6 Å². The average Bonchev–Trinajstić information content (AvgIpc) is 3.25. The third kappa shape index (κ3) is 3.58. The molecule has 1 saturated heterocycles. The predicted molar refractivity (Wildman–Crippen MR) is 120 cm³/mol. The number of nitrogens with zero attached hydrogens (tertiary/aromatic N) is 7. The minimum atomic E-state index is -0.262. The third-order valence-electron chi connectivity index (χ3n) is 5.33. The summed E-state index contributed by atoms with van der Waals surface area (Å²) in [5.74, 6) is 0.540. The van der Waals surface area contributed by atoms with E-state index in [0.29, 0.717) is 21.4 Å². The van der Waals surface area contributed by atoms with Crippen molar-refractivity contribution in [1.82, 2.24) is 24.5 Å². The van der Waals surface area contributed by atoms with Gasteiger partial charge in [0.15, 0.2) is 5.65 Å². The van der Waals surface area contributed by atoms with Crippen molar-refractivity contribution in [2.75, 3.05) is 36.0 Å². The lowest BCUT2D eigenvalue weighted by molar-refractivity contribution is 0.0959. The standard InChI is InChI=1S/C21H17Cl2N7O/c22-15-2-1-3-17(18(15)23)28-8-10-29(11-9-28)19-14-5-7-30(20(14)27-13-26-19)21(31)16-4-6-24-12-25-16/h1-7,12-13H,8-11H2. The van der Waals surface area contributed by atoms with Gasteiger partial charge in [-0.25, -0.2) is 19.9 Å². The van der Waals surface area contributed by atoms with E-state index in [4.69, 9.17) is 23.2 Å². The van der Waals surface area contributed by atoms with Crippen LogP contribution in [0.1, 0.15) is 10.5 Å². The second kappa shape index (κ2) is 8.13. The maximum absolute atomic E-state index is 12.8. The van der Waals surface area contributed by atoms with E-state index in [-0.39, 0.29) is 5.91 Å². The molecule has 0 atom stereocenters. The molecule has 3 aromatic heterocycles. The number of aromatic nitrogens is 5. The quantitative estimate of drug-likeness (QED) is 0.469. The van der Waals surface area contributed by atoms with Crippen molar-refractivity contribution in [3.8, 4) is 0 Å². The van der Waals surface area contributed by atoms with E-state index in [1.54, 1.807) is 18.3 Å². The average molecular weight is 454 g/mol. The minimum absolute atomic E-state index is 0.262. The van der Waals surface area contributed by atoms with Gasteiger partial charge in [-0.15, -0.1) is 0 Å². The van der Waals surface area contributed by atoms with E-state index in [1.165, 1.54) is 23.4 Å². The molecule has 4 aromatic rings. The first-order chi connectivity index (χ1) is 15.1. The van der Waals surface area contributed by atoms with Crippen LogP contribution in [-0.4, -0.2) is 56.6 Å². The summed E-state index contributed by atoms with van der Waals surface area (Å²) < 4.78 is 1.49. The fourth-order valence-electron chi connectivity index (χ4n) is 3.79. The first-order valence-corrected chi connectivity index (χ1v) is 10.5. The number of rotatable bonds is 3. The van der Waals surface area contributed by atoms with Gasteiger partial charge in [0.2, 0.25) is 0 Å². The third-order valence-corrected chi connectivity index (χ3v) is 6.14. The fourth-order valence-corrected chi connectivity index (χ4v) is 4.21. The van der Waals surface area contributed by atoms with Gasteiger partial charge in [-0.2, -0.15) is 0 Å². The number of carbonyl (C=O) groups excluding carboxylic acids is 1. The fraction of sp³-hybridized carbons (Fsp3) is 0.190. The van der Waals surface area contributed by atoms with Crippen LogP contribution in [0.4, 0.5) is 11.5 Å². The number of hydrogen-bond acceptors (Lipinski definition) is 7. The molecule has 0 N–H and O–H groups in total. The maximum Gasteiger partial charge on any atom is 0.282 e. The van der Waals surface area contributed by atoms with Gasteiger partial charge in [-0.3, -0.25) is 9.36 Å². The van der Waals surface area contributed by atoms with Crippen LogP contribution >= 0.6 is 23.2 Å². The SMILES string of the molecule is O=C(c1ccncn1)n1ccc2c(N3CCN(c4cccc(Cl)c4Cl)CC3)ncnc21. The van der Waals surface area contributed by atoms with E-state index in [0.717, 1.165) is 43.1 Å². The van der Waals surface area contributed by atoms with E-state index in [2.05, 4.69) is 29.7 Å². The summed E-state index contributed by atoms with van der Waals surface area (Å²) in [6.45, 7) is 3.04. The van der Waals surface area contributed by atoms with Crippen LogP contribution < -0.4 is 9.80 Å². The highest BCUT2D eigenvalue weighted by Crippen LogP contribution is 2.33. The van der Waals surface area contributed by atoms with Gasteiger partial charge in [0.05, 0.1) is 21.1 Å². The Morgan fingerprint density at radius 3 is 2.48 bits per heavy atom. The Hall–Kier alpha value is -3.23. The number of benzene rings is 1. The lowest BCUT2D eigenvalue weighted by Gasteiger charge is -2.37. The van der Waals surface area contributed by atoms with Crippen molar-refractivity contribution in [2.24, 2.45) is 0 Å². The number of halogens is 2. The maximum atomic E-state index is 12.8. The monoisotopic (exact) mass is 453 g/mol. The molecule has 0 aliphatic carbocycles. The molecule has 1 aliphatic heterocycles. The second-order valence-corrected chi connectivity index (χ2v) is 7.85. The molecule has 0 spiro atoms. The van der Waals surface area contributed by atoms with Crippen LogP contribution in [0.15, 0.2) is 55.4 Å². The zero-order valence-corrected chi connectivity index (χ0v) is 17.8. The topological polar surface area (TPSA) is 80.0 Å². The second-order valence-electron chi connectivity index (χ2n) is 7.07. The first-order valence-electron chi connectivity index (χ1n) is 9.70. The van der Waals surface area contributed by atoms with Crippen molar-refractivity contribution in [3.63, 3.8) is 0 Å². The molecule has 31 heavy (non-hydrogen) atoms. The van der Waals surface area contributed by atoms with Gasteiger partial charge >= 0.3 is 0 Å². The molecule has 156 valence electrons. The summed E-state index contributed by atoms with van der Waals surface area (Å²) in [5.41, 5.74) is 1.79. The molecule has 5 rings (SSSR count). The zero-order chi connectivity index (χ0) is 21.4. The molecular weight excluding hydrogens is 437 g/mol. The first kappa shape index (κ1) is 19.7. The summed E-state index contributed by atoms with van der Waals surface area (Å²) in [6, 6.07) is 9.11. The van der Waals surface area contributed by atoms with E-state index >= 15 is 0 Å². The highest BCUT2D eigenvalue weighted by Gasteiger charge is 2.23. The summed E-state index contributed by atoms with van der Waals surface area (Å²) in [4.78, 5) is 34.0. The normalized spacial score (nSPS) is 14.3. The molecular formula is C21H17Cl2N7O. The van der Waals surface area contributed by atoms with Crippen LogP contribution in [0.25, 0.3) is 11.0 Å². The molecule has 0 amide bonds. The Morgan fingerprint density at radius 2 is 1.71 bits per heavy atom. The Kier molecular flexibility index (Phi) is 5.17. The van der Waals surface area contributed by atoms with Gasteiger partial charge < -0.3 is 9.80 Å². The molecule has 1 fully saturated rings. The molecule has 1 aromatic carbocycles. The molecule has 0 bridgehead atoms. The zero-order valence-electron chi connectivity index (χ0n) is 16.3. The molecule has 8 nitrogen and oxygen atoms in total. The van der Waals surface area contributed by atoms with Crippen LogP contribution in [-0.2, 0) is 0 Å². The Bertz CT molecular complexity index is 1250. The van der Waals surface area contributed by atoms with Crippen molar-refractivity contribution in [3.05, 3.63) is 71.1 Å². The summed E-state index contributed by atoms with van der Waals surface area (Å²) in [7, 11) is 0. The van der Waals surface area contributed by atoms with Gasteiger partial charge in [0.1, 0.15) is 24.2 Å². The van der Waals surface area contributed by atoms with Gasteiger partial charge in [0, 0.05) is 38.6 Å². The molecule has 10 heteroatoms. The van der Waals surface area contributed by atoms with Crippen molar-refractivity contribution in [2.45, 2.75) is 0 Å². The van der Waals surface area contributed by atoms with E-state index in [9.17, 15) is 4.79 Å². The van der Waals surface area contributed by atoms with E-state index < -0.39 is 0 Å². The van der Waals surface area contributed by atoms with Gasteiger partial charge in [-0.05, 0) is 24.3 Å². The van der Waals surface area contributed by atoms with Crippen molar-refractivity contribution in [1.29, 1.82) is 0 Å². The molecule has 0 unspecified atom stereocenters. The molecule has 0 radical (unpaired) electrons.